The molecule has 5 heteroatoms. The molecule has 0 atom stereocenters. The Hall–Kier alpha value is -1.57. The number of hydrogen-bond acceptors (Lipinski definition) is 2. The lowest BCUT2D eigenvalue weighted by Gasteiger charge is -2.10. The van der Waals surface area contributed by atoms with Crippen molar-refractivity contribution >= 4 is 0 Å². The van der Waals surface area contributed by atoms with Gasteiger partial charge in [-0.15, -0.1) is 0 Å². The summed E-state index contributed by atoms with van der Waals surface area (Å²) in [5.41, 5.74) is -0.635. The van der Waals surface area contributed by atoms with E-state index < -0.39 is 11.7 Å². The smallest absolute Gasteiger partial charge is 0.264 e. The first-order chi connectivity index (χ1) is 6.55. The molecule has 1 rings (SSSR count). The second kappa shape index (κ2) is 4.09. The molecule has 0 aliphatic carbocycles. The number of nitriles is 1. The molecule has 1 aromatic rings. The lowest BCUT2D eigenvalue weighted by Crippen LogP contribution is -2.09. The summed E-state index contributed by atoms with van der Waals surface area (Å²) in [6.07, 6.45) is -2.13. The van der Waals surface area contributed by atoms with E-state index in [1.54, 1.807) is 0 Å². The maximum atomic E-state index is 12.4. The summed E-state index contributed by atoms with van der Waals surface area (Å²) < 4.78 is 37.1. The summed E-state index contributed by atoms with van der Waals surface area (Å²) in [7, 11) is 0. The van der Waals surface area contributed by atoms with Gasteiger partial charge >= 0.3 is 6.18 Å². The van der Waals surface area contributed by atoms with Gasteiger partial charge in [0.15, 0.2) is 0 Å². The van der Waals surface area contributed by atoms with Crippen LogP contribution >= 0.6 is 0 Å². The molecule has 0 fully saturated rings. The minimum Gasteiger partial charge on any atom is -0.264 e. The van der Waals surface area contributed by atoms with Crippen LogP contribution < -0.4 is 0 Å². The molecule has 1 heterocycles. The van der Waals surface area contributed by atoms with Crippen LogP contribution in [-0.2, 0) is 12.6 Å². The van der Waals surface area contributed by atoms with Gasteiger partial charge in [-0.25, -0.2) is 0 Å². The van der Waals surface area contributed by atoms with Crippen LogP contribution in [0.3, 0.4) is 0 Å². The highest BCUT2D eigenvalue weighted by molar-refractivity contribution is 5.26. The number of pyridine rings is 1. The Morgan fingerprint density at radius 3 is 2.71 bits per heavy atom. The van der Waals surface area contributed by atoms with Crippen molar-refractivity contribution in [1.29, 1.82) is 5.26 Å². The van der Waals surface area contributed by atoms with Gasteiger partial charge in [0, 0.05) is 18.8 Å². The maximum Gasteiger partial charge on any atom is 0.418 e. The van der Waals surface area contributed by atoms with Gasteiger partial charge in [-0.3, -0.25) is 4.98 Å². The quantitative estimate of drug-likeness (QED) is 0.735. The molecule has 74 valence electrons. The van der Waals surface area contributed by atoms with E-state index >= 15 is 0 Å². The largest absolute Gasteiger partial charge is 0.418 e. The summed E-state index contributed by atoms with van der Waals surface area (Å²) in [6.45, 7) is 0. The molecule has 1 aromatic heterocycles. The van der Waals surface area contributed by atoms with E-state index in [2.05, 4.69) is 4.98 Å². The molecule has 0 bridgehead atoms. The number of aromatic nitrogens is 1. The van der Waals surface area contributed by atoms with Crippen LogP contribution in [-0.4, -0.2) is 4.98 Å². The molecule has 0 aliphatic heterocycles. The molecular formula is C9H7F3N2. The van der Waals surface area contributed by atoms with Crippen molar-refractivity contribution in [3.05, 3.63) is 29.6 Å². The van der Waals surface area contributed by atoms with Crippen molar-refractivity contribution in [3.8, 4) is 6.07 Å². The van der Waals surface area contributed by atoms with Gasteiger partial charge in [-0.1, -0.05) is 0 Å². The Balaban J connectivity index is 2.99. The van der Waals surface area contributed by atoms with Crippen LogP contribution in [0.15, 0.2) is 18.5 Å². The van der Waals surface area contributed by atoms with Crippen molar-refractivity contribution in [3.63, 3.8) is 0 Å². The van der Waals surface area contributed by atoms with Crippen LogP contribution in [0.5, 0.6) is 0 Å². The summed E-state index contributed by atoms with van der Waals surface area (Å²) >= 11 is 0. The zero-order chi connectivity index (χ0) is 10.6. The zero-order valence-corrected chi connectivity index (χ0v) is 7.17. The minimum absolute atomic E-state index is 0.0765. The van der Waals surface area contributed by atoms with Gasteiger partial charge in [-0.05, 0) is 18.1 Å². The van der Waals surface area contributed by atoms with Crippen molar-refractivity contribution < 1.29 is 13.2 Å². The first-order valence-electron chi connectivity index (χ1n) is 3.92. The second-order valence-corrected chi connectivity index (χ2v) is 2.69. The van der Waals surface area contributed by atoms with Crippen LogP contribution in [0.1, 0.15) is 17.5 Å². The van der Waals surface area contributed by atoms with Crippen molar-refractivity contribution in [2.45, 2.75) is 19.0 Å². The second-order valence-electron chi connectivity index (χ2n) is 2.69. The van der Waals surface area contributed by atoms with Crippen molar-refractivity contribution in [2.75, 3.05) is 0 Å². The minimum atomic E-state index is -4.39. The molecule has 0 unspecified atom stereocenters. The van der Waals surface area contributed by atoms with Crippen LogP contribution in [0.4, 0.5) is 13.2 Å². The summed E-state index contributed by atoms with van der Waals surface area (Å²) in [6, 6.07) is 3.10. The summed E-state index contributed by atoms with van der Waals surface area (Å²) in [4.78, 5) is 3.42. The highest BCUT2D eigenvalue weighted by Gasteiger charge is 2.33. The average Bonchev–Trinajstić information content (AvgIpc) is 2.14. The van der Waals surface area contributed by atoms with Crippen molar-refractivity contribution in [1.82, 2.24) is 4.98 Å². The Morgan fingerprint density at radius 2 is 2.14 bits per heavy atom. The number of rotatable bonds is 2. The summed E-state index contributed by atoms with van der Waals surface area (Å²) in [5.74, 6) is 0. The molecule has 0 aromatic carbocycles. The molecule has 0 radical (unpaired) electrons. The number of alkyl halides is 3. The normalized spacial score (nSPS) is 11.0. The van der Waals surface area contributed by atoms with E-state index in [0.717, 1.165) is 6.20 Å². The molecule has 0 saturated carbocycles. The molecule has 0 N–H and O–H groups in total. The molecule has 0 saturated heterocycles. The average molecular weight is 200 g/mol. The SMILES string of the molecule is N#CCCc1ccncc1C(F)(F)F. The Labute approximate surface area is 79.0 Å². The molecule has 0 amide bonds. The maximum absolute atomic E-state index is 12.4. The third-order valence-electron chi connectivity index (χ3n) is 1.72. The van der Waals surface area contributed by atoms with E-state index in [0.29, 0.717) is 0 Å². The highest BCUT2D eigenvalue weighted by atomic mass is 19.4. The lowest BCUT2D eigenvalue weighted by atomic mass is 10.1. The van der Waals surface area contributed by atoms with E-state index in [9.17, 15) is 13.2 Å². The third kappa shape index (κ3) is 2.46. The van der Waals surface area contributed by atoms with Crippen molar-refractivity contribution in [2.24, 2.45) is 0 Å². The standard InChI is InChI=1S/C9H7F3N2/c10-9(11,12)8-6-14-5-3-7(8)2-1-4-13/h3,5-6H,1-2H2. The fourth-order valence-corrected chi connectivity index (χ4v) is 1.09. The van der Waals surface area contributed by atoms with Crippen LogP contribution in [0.2, 0.25) is 0 Å². The van der Waals surface area contributed by atoms with Gasteiger partial charge in [0.1, 0.15) is 0 Å². The Bertz CT molecular complexity index is 352. The first-order valence-corrected chi connectivity index (χ1v) is 3.92. The Kier molecular flexibility index (Phi) is 3.07. The van der Waals surface area contributed by atoms with E-state index in [4.69, 9.17) is 5.26 Å². The topological polar surface area (TPSA) is 36.7 Å². The number of halogens is 3. The highest BCUT2D eigenvalue weighted by Crippen LogP contribution is 2.31. The van der Waals surface area contributed by atoms with Gasteiger partial charge < -0.3 is 0 Å². The molecule has 14 heavy (non-hydrogen) atoms. The molecule has 0 spiro atoms. The van der Waals surface area contributed by atoms with Crippen LogP contribution in [0.25, 0.3) is 0 Å². The number of nitrogens with zero attached hydrogens (tertiary/aromatic N) is 2. The van der Waals surface area contributed by atoms with E-state index in [1.165, 1.54) is 12.3 Å². The molecule has 2 nitrogen and oxygen atoms in total. The third-order valence-corrected chi connectivity index (χ3v) is 1.72. The lowest BCUT2D eigenvalue weighted by molar-refractivity contribution is -0.138. The predicted molar refractivity (Wildman–Crippen MR) is 43.2 cm³/mol. The number of hydrogen-bond donors (Lipinski definition) is 0. The fraction of sp³-hybridized carbons (Fsp3) is 0.333. The molecule has 0 aliphatic rings. The summed E-state index contributed by atoms with van der Waals surface area (Å²) in [5, 5.41) is 8.27. The molecular weight excluding hydrogens is 193 g/mol. The van der Waals surface area contributed by atoms with E-state index in [-0.39, 0.29) is 18.4 Å². The monoisotopic (exact) mass is 200 g/mol. The van der Waals surface area contributed by atoms with Gasteiger partial charge in [0.05, 0.1) is 11.6 Å². The van der Waals surface area contributed by atoms with Gasteiger partial charge in [-0.2, -0.15) is 18.4 Å². The fourth-order valence-electron chi connectivity index (χ4n) is 1.09. The Morgan fingerprint density at radius 1 is 1.43 bits per heavy atom. The van der Waals surface area contributed by atoms with Gasteiger partial charge in [0.2, 0.25) is 0 Å². The number of aryl methyl sites for hydroxylation is 1. The van der Waals surface area contributed by atoms with Crippen LogP contribution in [0, 0.1) is 11.3 Å². The van der Waals surface area contributed by atoms with Gasteiger partial charge in [0.25, 0.3) is 0 Å². The predicted octanol–water partition coefficient (Wildman–Crippen LogP) is 2.56. The van der Waals surface area contributed by atoms with E-state index in [1.807, 2.05) is 6.07 Å². The zero-order valence-electron chi connectivity index (χ0n) is 7.17. The first kappa shape index (κ1) is 10.5.